The van der Waals surface area contributed by atoms with Gasteiger partial charge in [0.25, 0.3) is 0 Å². The minimum Gasteiger partial charge on any atom is -0.298 e. The summed E-state index contributed by atoms with van der Waals surface area (Å²) in [6.07, 6.45) is -3.15. The molecule has 106 valence electrons. The first-order valence-corrected chi connectivity index (χ1v) is 6.71. The van der Waals surface area contributed by atoms with Gasteiger partial charge in [-0.2, -0.15) is 13.2 Å². The van der Waals surface area contributed by atoms with Crippen LogP contribution in [0.15, 0.2) is 18.2 Å². The molecule has 0 unspecified atom stereocenters. The molecule has 1 saturated heterocycles. The Kier molecular flexibility index (Phi) is 4.19. The zero-order chi connectivity index (χ0) is 14.0. The molecule has 1 aliphatic heterocycles. The van der Waals surface area contributed by atoms with Crippen molar-refractivity contribution < 1.29 is 13.2 Å². The lowest BCUT2D eigenvalue weighted by Crippen LogP contribution is -2.41. The summed E-state index contributed by atoms with van der Waals surface area (Å²) in [6, 6.07) is 6.20. The number of likely N-dealkylation sites (tertiary alicyclic amines) is 1. The molecule has 1 aromatic carbocycles. The lowest BCUT2D eigenvalue weighted by atomic mass is 9.97. The molecule has 0 spiro atoms. The standard InChI is InChI=1S/C15H20F3N/c1-11-6-12(2)8-13(7-11)9-19-5-3-4-14(10-19)15(16,17)18/h6-8,14H,3-5,9-10H2,1-2H3/t14-/m0/s1. The average molecular weight is 271 g/mol. The summed E-state index contributed by atoms with van der Waals surface area (Å²) >= 11 is 0. The predicted octanol–water partition coefficient (Wildman–Crippen LogP) is 4.08. The molecular formula is C15H20F3N. The number of piperidine rings is 1. The van der Waals surface area contributed by atoms with Gasteiger partial charge in [0.15, 0.2) is 0 Å². The molecule has 2 rings (SSSR count). The minimum absolute atomic E-state index is 0.135. The maximum absolute atomic E-state index is 12.8. The Morgan fingerprint density at radius 3 is 2.37 bits per heavy atom. The summed E-state index contributed by atoms with van der Waals surface area (Å²) in [5, 5.41) is 0. The van der Waals surface area contributed by atoms with Crippen molar-refractivity contribution in [3.63, 3.8) is 0 Å². The second-order valence-electron chi connectivity index (χ2n) is 5.61. The van der Waals surface area contributed by atoms with E-state index >= 15 is 0 Å². The third-order valence-electron chi connectivity index (χ3n) is 3.66. The van der Waals surface area contributed by atoms with Crippen molar-refractivity contribution in [2.45, 2.75) is 39.4 Å². The third kappa shape index (κ3) is 3.96. The first-order chi connectivity index (χ1) is 8.84. The maximum Gasteiger partial charge on any atom is 0.393 e. The van der Waals surface area contributed by atoms with Crippen molar-refractivity contribution in [1.82, 2.24) is 4.90 Å². The van der Waals surface area contributed by atoms with Crippen molar-refractivity contribution in [3.8, 4) is 0 Å². The van der Waals surface area contributed by atoms with Gasteiger partial charge in [0.1, 0.15) is 0 Å². The van der Waals surface area contributed by atoms with Crippen LogP contribution in [0.2, 0.25) is 0 Å². The molecular weight excluding hydrogens is 251 g/mol. The van der Waals surface area contributed by atoms with E-state index in [4.69, 9.17) is 0 Å². The number of hydrogen-bond acceptors (Lipinski definition) is 1. The van der Waals surface area contributed by atoms with E-state index in [0.717, 1.165) is 12.1 Å². The summed E-state index contributed by atoms with van der Waals surface area (Å²) in [5.74, 6) is -1.16. The monoisotopic (exact) mass is 271 g/mol. The Morgan fingerprint density at radius 2 is 1.79 bits per heavy atom. The molecule has 1 fully saturated rings. The molecule has 1 aliphatic rings. The smallest absolute Gasteiger partial charge is 0.298 e. The second-order valence-corrected chi connectivity index (χ2v) is 5.61. The second kappa shape index (κ2) is 5.53. The highest BCUT2D eigenvalue weighted by atomic mass is 19.4. The van der Waals surface area contributed by atoms with Crippen LogP contribution in [-0.2, 0) is 6.54 Å². The first-order valence-electron chi connectivity index (χ1n) is 6.71. The highest BCUT2D eigenvalue weighted by Gasteiger charge is 2.41. The number of hydrogen-bond donors (Lipinski definition) is 0. The van der Waals surface area contributed by atoms with Gasteiger partial charge in [0, 0.05) is 13.1 Å². The van der Waals surface area contributed by atoms with E-state index in [-0.39, 0.29) is 13.0 Å². The summed E-state index contributed by atoms with van der Waals surface area (Å²) in [4.78, 5) is 1.93. The lowest BCUT2D eigenvalue weighted by molar-refractivity contribution is -0.187. The molecule has 1 atom stereocenters. The molecule has 1 nitrogen and oxygen atoms in total. The molecule has 0 aliphatic carbocycles. The Hall–Kier alpha value is -1.03. The van der Waals surface area contributed by atoms with E-state index < -0.39 is 12.1 Å². The molecule has 1 heterocycles. The quantitative estimate of drug-likeness (QED) is 0.783. The summed E-state index contributed by atoms with van der Waals surface area (Å²) in [5.41, 5.74) is 3.44. The number of aryl methyl sites for hydroxylation is 2. The van der Waals surface area contributed by atoms with Crippen molar-refractivity contribution >= 4 is 0 Å². The van der Waals surface area contributed by atoms with Gasteiger partial charge in [-0.15, -0.1) is 0 Å². The van der Waals surface area contributed by atoms with Crippen LogP contribution in [0.25, 0.3) is 0 Å². The Labute approximate surface area is 112 Å². The number of halogens is 3. The number of benzene rings is 1. The minimum atomic E-state index is -4.05. The average Bonchev–Trinajstić information content (AvgIpc) is 2.26. The van der Waals surface area contributed by atoms with Crippen LogP contribution in [-0.4, -0.2) is 24.2 Å². The van der Waals surface area contributed by atoms with Gasteiger partial charge < -0.3 is 0 Å². The van der Waals surface area contributed by atoms with Gasteiger partial charge in [0.2, 0.25) is 0 Å². The largest absolute Gasteiger partial charge is 0.393 e. The molecule has 0 bridgehead atoms. The Morgan fingerprint density at radius 1 is 1.16 bits per heavy atom. The number of nitrogens with zero attached hydrogens (tertiary/aromatic N) is 1. The molecule has 0 N–H and O–H groups in total. The molecule has 1 aromatic rings. The molecule has 0 saturated carbocycles. The van der Waals surface area contributed by atoms with E-state index in [9.17, 15) is 13.2 Å². The fraction of sp³-hybridized carbons (Fsp3) is 0.600. The summed E-state index contributed by atoms with van der Waals surface area (Å²) in [6.45, 7) is 5.56. The van der Waals surface area contributed by atoms with Crippen LogP contribution >= 0.6 is 0 Å². The van der Waals surface area contributed by atoms with Gasteiger partial charge in [-0.3, -0.25) is 4.90 Å². The highest BCUT2D eigenvalue weighted by Crippen LogP contribution is 2.33. The predicted molar refractivity (Wildman–Crippen MR) is 70.0 cm³/mol. The SMILES string of the molecule is Cc1cc(C)cc(CN2CCC[C@H](C(F)(F)F)C2)c1. The zero-order valence-electron chi connectivity index (χ0n) is 11.4. The summed E-state index contributed by atoms with van der Waals surface area (Å²) < 4.78 is 38.3. The van der Waals surface area contributed by atoms with Gasteiger partial charge >= 0.3 is 6.18 Å². The van der Waals surface area contributed by atoms with Crippen molar-refractivity contribution in [3.05, 3.63) is 34.9 Å². The first kappa shape index (κ1) is 14.4. The number of alkyl halides is 3. The lowest BCUT2D eigenvalue weighted by Gasteiger charge is -2.33. The van der Waals surface area contributed by atoms with Gasteiger partial charge in [0.05, 0.1) is 5.92 Å². The van der Waals surface area contributed by atoms with Crippen LogP contribution in [0.5, 0.6) is 0 Å². The van der Waals surface area contributed by atoms with Crippen molar-refractivity contribution in [2.75, 3.05) is 13.1 Å². The van der Waals surface area contributed by atoms with Crippen molar-refractivity contribution in [1.29, 1.82) is 0 Å². The molecule has 0 radical (unpaired) electrons. The molecule has 0 aromatic heterocycles. The van der Waals surface area contributed by atoms with E-state index in [1.807, 2.05) is 18.7 Å². The van der Waals surface area contributed by atoms with Gasteiger partial charge in [-0.25, -0.2) is 0 Å². The fourth-order valence-electron chi connectivity index (χ4n) is 2.88. The third-order valence-corrected chi connectivity index (χ3v) is 3.66. The molecule has 4 heteroatoms. The van der Waals surface area contributed by atoms with Crippen LogP contribution in [0.1, 0.15) is 29.5 Å². The van der Waals surface area contributed by atoms with E-state index in [0.29, 0.717) is 13.0 Å². The molecule has 19 heavy (non-hydrogen) atoms. The van der Waals surface area contributed by atoms with Crippen molar-refractivity contribution in [2.24, 2.45) is 5.92 Å². The Bertz CT molecular complexity index is 419. The van der Waals surface area contributed by atoms with Gasteiger partial charge in [-0.05, 0) is 38.8 Å². The van der Waals surface area contributed by atoms with Gasteiger partial charge in [-0.1, -0.05) is 29.3 Å². The normalized spacial score (nSPS) is 21.6. The van der Waals surface area contributed by atoms with Crippen LogP contribution < -0.4 is 0 Å². The van der Waals surface area contributed by atoms with Crippen LogP contribution in [0.3, 0.4) is 0 Å². The van der Waals surface area contributed by atoms with Crippen LogP contribution in [0, 0.1) is 19.8 Å². The topological polar surface area (TPSA) is 3.24 Å². The molecule has 0 amide bonds. The highest BCUT2D eigenvalue weighted by molar-refractivity contribution is 5.28. The van der Waals surface area contributed by atoms with E-state index in [1.54, 1.807) is 0 Å². The zero-order valence-corrected chi connectivity index (χ0v) is 11.4. The van der Waals surface area contributed by atoms with E-state index in [1.165, 1.54) is 11.1 Å². The van der Waals surface area contributed by atoms with Crippen LogP contribution in [0.4, 0.5) is 13.2 Å². The number of rotatable bonds is 2. The fourth-order valence-corrected chi connectivity index (χ4v) is 2.88. The summed E-state index contributed by atoms with van der Waals surface area (Å²) in [7, 11) is 0. The maximum atomic E-state index is 12.8. The van der Waals surface area contributed by atoms with E-state index in [2.05, 4.69) is 18.2 Å². The Balaban J connectivity index is 2.02.